The minimum atomic E-state index is -4.51. The van der Waals surface area contributed by atoms with E-state index in [1.165, 1.54) is 18.2 Å². The number of nitrogens with one attached hydrogen (secondary N) is 1. The lowest BCUT2D eigenvalue weighted by molar-refractivity contribution is -0.253. The van der Waals surface area contributed by atoms with Gasteiger partial charge in [0.2, 0.25) is 0 Å². The summed E-state index contributed by atoms with van der Waals surface area (Å²) in [5.41, 5.74) is 1.42. The summed E-state index contributed by atoms with van der Waals surface area (Å²) in [5.74, 6) is -0.312. The zero-order valence-corrected chi connectivity index (χ0v) is 12.2. The molecule has 0 amide bonds. The van der Waals surface area contributed by atoms with E-state index in [0.717, 1.165) is 10.6 Å². The minimum absolute atomic E-state index is 0.312. The third-order valence-electron chi connectivity index (χ3n) is 2.75. The van der Waals surface area contributed by atoms with E-state index in [0.29, 0.717) is 12.1 Å². The summed E-state index contributed by atoms with van der Waals surface area (Å²) in [5, 5.41) is 3.07. The Kier molecular flexibility index (Phi) is 5.18. The molecule has 2 aromatic carbocycles. The van der Waals surface area contributed by atoms with E-state index in [9.17, 15) is 17.6 Å². The maximum Gasteiger partial charge on any atom is 0.461 e. The molecule has 22 heavy (non-hydrogen) atoms. The van der Waals surface area contributed by atoms with Gasteiger partial charge in [-0.05, 0) is 35.9 Å². The van der Waals surface area contributed by atoms with Gasteiger partial charge in [-0.1, -0.05) is 18.2 Å². The van der Waals surface area contributed by atoms with Gasteiger partial charge in [-0.3, -0.25) is 0 Å². The first-order valence-corrected chi connectivity index (χ1v) is 6.78. The molecule has 0 aliphatic carbocycles. The first kappa shape index (κ1) is 16.5. The lowest BCUT2D eigenvalue weighted by atomic mass is 10.2. The average molecular weight is 331 g/mol. The minimum Gasteiger partial charge on any atom is -0.428 e. The topological polar surface area (TPSA) is 21.3 Å². The van der Waals surface area contributed by atoms with E-state index in [2.05, 4.69) is 22.7 Å². The highest BCUT2D eigenvalue weighted by atomic mass is 32.1. The molecule has 2 aromatic rings. The van der Waals surface area contributed by atoms with E-state index in [4.69, 9.17) is 0 Å². The molecular weight excluding hydrogens is 318 g/mol. The summed E-state index contributed by atoms with van der Waals surface area (Å²) in [6.45, 7) is 0.328. The SMILES string of the molecule is FC(F)C(F)(F)Oc1cccc(CNc2cccc(S)c2)c1. The van der Waals surface area contributed by atoms with Crippen LogP contribution < -0.4 is 10.1 Å². The predicted octanol–water partition coefficient (Wildman–Crippen LogP) is 4.82. The molecule has 0 saturated heterocycles. The first-order chi connectivity index (χ1) is 10.4. The number of ether oxygens (including phenoxy) is 1. The van der Waals surface area contributed by atoms with Gasteiger partial charge in [-0.15, -0.1) is 12.6 Å². The summed E-state index contributed by atoms with van der Waals surface area (Å²) in [6.07, 6.45) is -8.39. The van der Waals surface area contributed by atoms with Gasteiger partial charge in [-0.2, -0.15) is 17.6 Å². The molecule has 0 spiro atoms. The Bertz CT molecular complexity index is 636. The quantitative estimate of drug-likeness (QED) is 0.585. The summed E-state index contributed by atoms with van der Waals surface area (Å²) >= 11 is 4.20. The smallest absolute Gasteiger partial charge is 0.428 e. The van der Waals surface area contributed by atoms with E-state index < -0.39 is 12.5 Å². The van der Waals surface area contributed by atoms with Gasteiger partial charge in [0.25, 0.3) is 0 Å². The van der Waals surface area contributed by atoms with E-state index >= 15 is 0 Å². The van der Waals surface area contributed by atoms with Crippen molar-refractivity contribution in [1.29, 1.82) is 0 Å². The number of anilines is 1. The highest BCUT2D eigenvalue weighted by Crippen LogP contribution is 2.28. The number of rotatable bonds is 6. The van der Waals surface area contributed by atoms with Gasteiger partial charge in [0.1, 0.15) is 5.75 Å². The molecule has 0 fully saturated rings. The number of hydrogen-bond donors (Lipinski definition) is 2. The molecule has 0 radical (unpaired) electrons. The Morgan fingerprint density at radius 2 is 1.82 bits per heavy atom. The molecule has 1 N–H and O–H groups in total. The van der Waals surface area contributed by atoms with Crippen LogP contribution in [0.2, 0.25) is 0 Å². The molecule has 2 rings (SSSR count). The number of hydrogen-bond acceptors (Lipinski definition) is 3. The van der Waals surface area contributed by atoms with E-state index in [-0.39, 0.29) is 5.75 Å². The van der Waals surface area contributed by atoms with Crippen molar-refractivity contribution < 1.29 is 22.3 Å². The normalized spacial score (nSPS) is 11.5. The summed E-state index contributed by atoms with van der Waals surface area (Å²) in [4.78, 5) is 0.777. The molecule has 0 saturated carbocycles. The van der Waals surface area contributed by atoms with Crippen LogP contribution in [0.4, 0.5) is 23.2 Å². The van der Waals surface area contributed by atoms with Crippen molar-refractivity contribution in [3.63, 3.8) is 0 Å². The standard InChI is InChI=1S/C15H13F4NOS/c16-14(17)15(18,19)21-12-5-1-3-10(7-12)9-20-11-4-2-6-13(22)8-11/h1-8,14,20,22H,9H2. The predicted molar refractivity (Wildman–Crippen MR) is 79.0 cm³/mol. The molecule has 118 valence electrons. The first-order valence-electron chi connectivity index (χ1n) is 6.33. The van der Waals surface area contributed by atoms with E-state index in [1.807, 2.05) is 18.2 Å². The molecule has 7 heteroatoms. The Hall–Kier alpha value is -1.89. The second-order valence-corrected chi connectivity index (χ2v) is 5.03. The Morgan fingerprint density at radius 1 is 1.09 bits per heavy atom. The van der Waals surface area contributed by atoms with Crippen LogP contribution in [-0.2, 0) is 6.54 Å². The van der Waals surface area contributed by atoms with Crippen LogP contribution >= 0.6 is 12.6 Å². The van der Waals surface area contributed by atoms with Gasteiger partial charge >= 0.3 is 12.5 Å². The number of thiol groups is 1. The molecule has 0 aliphatic heterocycles. The zero-order chi connectivity index (χ0) is 16.2. The second kappa shape index (κ2) is 6.91. The fourth-order valence-electron chi connectivity index (χ4n) is 1.74. The molecule has 0 bridgehead atoms. The van der Waals surface area contributed by atoms with Crippen LogP contribution in [-0.4, -0.2) is 12.5 Å². The Morgan fingerprint density at radius 3 is 2.50 bits per heavy atom. The summed E-state index contributed by atoms with van der Waals surface area (Å²) in [6, 6.07) is 12.9. The summed E-state index contributed by atoms with van der Waals surface area (Å²) < 4.78 is 54.0. The highest BCUT2D eigenvalue weighted by Gasteiger charge is 2.43. The van der Waals surface area contributed by atoms with Crippen molar-refractivity contribution in [1.82, 2.24) is 0 Å². The van der Waals surface area contributed by atoms with Crippen molar-refractivity contribution in [2.24, 2.45) is 0 Å². The van der Waals surface area contributed by atoms with Crippen LogP contribution in [0.5, 0.6) is 5.75 Å². The van der Waals surface area contributed by atoms with Crippen molar-refractivity contribution in [2.45, 2.75) is 24.0 Å². The molecule has 0 heterocycles. The van der Waals surface area contributed by atoms with Crippen LogP contribution in [0, 0.1) is 0 Å². The molecule has 2 nitrogen and oxygen atoms in total. The third-order valence-corrected chi connectivity index (χ3v) is 3.03. The maximum atomic E-state index is 12.9. The summed E-state index contributed by atoms with van der Waals surface area (Å²) in [7, 11) is 0. The molecule has 0 aromatic heterocycles. The van der Waals surface area contributed by atoms with Crippen molar-refractivity contribution in [3.8, 4) is 5.75 Å². The van der Waals surface area contributed by atoms with Crippen molar-refractivity contribution in [3.05, 3.63) is 54.1 Å². The fraction of sp³-hybridized carbons (Fsp3) is 0.200. The largest absolute Gasteiger partial charge is 0.461 e. The molecule has 0 aliphatic rings. The number of alkyl halides is 4. The van der Waals surface area contributed by atoms with Gasteiger partial charge in [0.05, 0.1) is 0 Å². The fourth-order valence-corrected chi connectivity index (χ4v) is 1.97. The van der Waals surface area contributed by atoms with Crippen LogP contribution in [0.3, 0.4) is 0 Å². The maximum absolute atomic E-state index is 12.9. The zero-order valence-electron chi connectivity index (χ0n) is 11.3. The van der Waals surface area contributed by atoms with Gasteiger partial charge in [0.15, 0.2) is 0 Å². The lowest BCUT2D eigenvalue weighted by Crippen LogP contribution is -2.33. The van der Waals surface area contributed by atoms with Gasteiger partial charge in [0, 0.05) is 17.1 Å². The van der Waals surface area contributed by atoms with Crippen molar-refractivity contribution >= 4 is 18.3 Å². The third kappa shape index (κ3) is 4.56. The van der Waals surface area contributed by atoms with Crippen molar-refractivity contribution in [2.75, 3.05) is 5.32 Å². The lowest BCUT2D eigenvalue weighted by Gasteiger charge is -2.17. The Labute approximate surface area is 130 Å². The van der Waals surface area contributed by atoms with Crippen LogP contribution in [0.15, 0.2) is 53.4 Å². The molecular formula is C15H13F4NOS. The van der Waals surface area contributed by atoms with Gasteiger partial charge in [-0.25, -0.2) is 0 Å². The Balaban J connectivity index is 2.02. The van der Waals surface area contributed by atoms with E-state index in [1.54, 1.807) is 12.1 Å². The molecule has 0 unspecified atom stereocenters. The number of halogens is 4. The highest BCUT2D eigenvalue weighted by molar-refractivity contribution is 7.80. The molecule has 0 atom stereocenters. The van der Waals surface area contributed by atoms with Gasteiger partial charge < -0.3 is 10.1 Å². The second-order valence-electron chi connectivity index (χ2n) is 4.52. The number of benzene rings is 2. The monoisotopic (exact) mass is 331 g/mol. The van der Waals surface area contributed by atoms with Crippen LogP contribution in [0.1, 0.15) is 5.56 Å². The van der Waals surface area contributed by atoms with Crippen LogP contribution in [0.25, 0.3) is 0 Å². The average Bonchev–Trinajstić information content (AvgIpc) is 2.45.